The molecule has 0 aliphatic rings. The van der Waals surface area contributed by atoms with E-state index in [4.69, 9.17) is 5.73 Å². The minimum absolute atomic E-state index is 0.449. The molecular weight excluding hydrogens is 218 g/mol. The summed E-state index contributed by atoms with van der Waals surface area (Å²) in [6.07, 6.45) is 0. The lowest BCUT2D eigenvalue weighted by Crippen LogP contribution is -1.92. The topological polar surface area (TPSA) is 51.8 Å². The third-order valence-corrected chi connectivity index (χ3v) is 3.28. The molecule has 0 radical (unpaired) electrons. The van der Waals surface area contributed by atoms with Gasteiger partial charge in [0.15, 0.2) is 0 Å². The lowest BCUT2D eigenvalue weighted by molar-refractivity contribution is 0.938. The Morgan fingerprint density at radius 2 is 1.81 bits per heavy atom. The summed E-state index contributed by atoms with van der Waals surface area (Å²) < 4.78 is 0. The average molecular weight is 231 g/mol. The zero-order valence-electron chi connectivity index (χ0n) is 9.27. The fraction of sp³-hybridized carbons (Fsp3) is 0.167. The van der Waals surface area contributed by atoms with Gasteiger partial charge in [-0.1, -0.05) is 17.8 Å². The summed E-state index contributed by atoms with van der Waals surface area (Å²) in [4.78, 5) is 1.17. The first-order valence-electron chi connectivity index (χ1n) is 4.99. The van der Waals surface area contributed by atoms with Crippen molar-refractivity contribution in [1.82, 2.24) is 10.2 Å². The molecule has 0 amide bonds. The Hall–Kier alpha value is -1.55. The molecule has 0 aliphatic heterocycles. The maximum absolute atomic E-state index is 5.48. The number of aromatic nitrogens is 2. The van der Waals surface area contributed by atoms with Crippen molar-refractivity contribution >= 4 is 17.6 Å². The predicted molar refractivity (Wildman–Crippen MR) is 66.5 cm³/mol. The van der Waals surface area contributed by atoms with E-state index in [-0.39, 0.29) is 0 Å². The molecule has 82 valence electrons. The van der Waals surface area contributed by atoms with Gasteiger partial charge in [0, 0.05) is 4.90 Å². The number of nitrogens with zero attached hydrogens (tertiary/aromatic N) is 2. The van der Waals surface area contributed by atoms with Gasteiger partial charge in [0.25, 0.3) is 0 Å². The monoisotopic (exact) mass is 231 g/mol. The highest BCUT2D eigenvalue weighted by atomic mass is 32.2. The van der Waals surface area contributed by atoms with Gasteiger partial charge in [-0.05, 0) is 49.2 Å². The van der Waals surface area contributed by atoms with E-state index in [2.05, 4.69) is 42.2 Å². The molecule has 16 heavy (non-hydrogen) atoms. The molecule has 0 saturated heterocycles. The molecule has 1 aromatic heterocycles. The van der Waals surface area contributed by atoms with Crippen LogP contribution in [-0.2, 0) is 0 Å². The number of aryl methyl sites for hydroxylation is 2. The average Bonchev–Trinajstić information content (AvgIpc) is 2.27. The molecule has 0 aliphatic carbocycles. The van der Waals surface area contributed by atoms with Crippen LogP contribution >= 0.6 is 11.8 Å². The van der Waals surface area contributed by atoms with Crippen LogP contribution in [0.15, 0.2) is 40.3 Å². The van der Waals surface area contributed by atoms with Gasteiger partial charge in [0.1, 0.15) is 10.8 Å². The molecule has 0 fully saturated rings. The molecule has 2 rings (SSSR count). The molecule has 0 unspecified atom stereocenters. The van der Waals surface area contributed by atoms with Crippen molar-refractivity contribution < 1.29 is 0 Å². The van der Waals surface area contributed by atoms with Crippen molar-refractivity contribution in [3.05, 3.63) is 41.5 Å². The van der Waals surface area contributed by atoms with Crippen molar-refractivity contribution in [2.75, 3.05) is 5.73 Å². The van der Waals surface area contributed by atoms with E-state index in [1.807, 2.05) is 6.07 Å². The summed E-state index contributed by atoms with van der Waals surface area (Å²) >= 11 is 1.59. The first-order chi connectivity index (χ1) is 7.65. The highest BCUT2D eigenvalue weighted by Crippen LogP contribution is 2.27. The van der Waals surface area contributed by atoms with Crippen LogP contribution < -0.4 is 5.73 Å². The Morgan fingerprint density at radius 1 is 1.00 bits per heavy atom. The molecular formula is C12H13N3S. The van der Waals surface area contributed by atoms with E-state index in [1.54, 1.807) is 17.8 Å². The van der Waals surface area contributed by atoms with E-state index in [0.717, 1.165) is 5.03 Å². The first-order valence-corrected chi connectivity index (χ1v) is 5.81. The Labute approximate surface area is 99.1 Å². The maximum Gasteiger partial charge on any atom is 0.146 e. The van der Waals surface area contributed by atoms with Crippen LogP contribution in [0.25, 0.3) is 0 Å². The van der Waals surface area contributed by atoms with Crippen molar-refractivity contribution in [2.45, 2.75) is 23.8 Å². The Kier molecular flexibility index (Phi) is 3.10. The molecule has 2 N–H and O–H groups in total. The maximum atomic E-state index is 5.48. The largest absolute Gasteiger partial charge is 0.382 e. The van der Waals surface area contributed by atoms with Crippen LogP contribution in [0.4, 0.5) is 5.82 Å². The quantitative estimate of drug-likeness (QED) is 0.863. The minimum Gasteiger partial charge on any atom is -0.382 e. The van der Waals surface area contributed by atoms with Gasteiger partial charge in [-0.2, -0.15) is 0 Å². The number of anilines is 1. The summed E-state index contributed by atoms with van der Waals surface area (Å²) in [6.45, 7) is 4.21. The zero-order valence-corrected chi connectivity index (χ0v) is 10.1. The number of hydrogen-bond donors (Lipinski definition) is 1. The number of rotatable bonds is 2. The van der Waals surface area contributed by atoms with Crippen LogP contribution in [-0.4, -0.2) is 10.2 Å². The van der Waals surface area contributed by atoms with Crippen LogP contribution in [0.3, 0.4) is 0 Å². The van der Waals surface area contributed by atoms with Gasteiger partial charge < -0.3 is 5.73 Å². The van der Waals surface area contributed by atoms with Crippen molar-refractivity contribution in [1.29, 1.82) is 0 Å². The Balaban J connectivity index is 2.20. The van der Waals surface area contributed by atoms with Gasteiger partial charge in [-0.3, -0.25) is 0 Å². The predicted octanol–water partition coefficient (Wildman–Crippen LogP) is 2.83. The summed E-state index contributed by atoms with van der Waals surface area (Å²) in [5.74, 6) is 0.449. The second kappa shape index (κ2) is 4.53. The van der Waals surface area contributed by atoms with E-state index < -0.39 is 0 Å². The van der Waals surface area contributed by atoms with Crippen LogP contribution in [0.5, 0.6) is 0 Å². The highest BCUT2D eigenvalue weighted by Gasteiger charge is 2.01. The third kappa shape index (κ3) is 2.52. The van der Waals surface area contributed by atoms with Crippen molar-refractivity contribution in [2.24, 2.45) is 0 Å². The molecule has 0 saturated carbocycles. The van der Waals surface area contributed by atoms with E-state index in [9.17, 15) is 0 Å². The fourth-order valence-electron chi connectivity index (χ4n) is 1.28. The lowest BCUT2D eigenvalue weighted by Gasteiger charge is -2.04. The Morgan fingerprint density at radius 3 is 2.44 bits per heavy atom. The smallest absolute Gasteiger partial charge is 0.146 e. The SMILES string of the molecule is Cc1ccc(Sc2ccc(N)nn2)cc1C. The van der Waals surface area contributed by atoms with Crippen LogP contribution in [0.1, 0.15) is 11.1 Å². The normalized spacial score (nSPS) is 10.4. The molecule has 4 heteroatoms. The highest BCUT2D eigenvalue weighted by molar-refractivity contribution is 7.99. The van der Waals surface area contributed by atoms with Crippen LogP contribution in [0, 0.1) is 13.8 Å². The second-order valence-electron chi connectivity index (χ2n) is 3.64. The second-order valence-corrected chi connectivity index (χ2v) is 4.74. The van der Waals surface area contributed by atoms with Crippen LogP contribution in [0.2, 0.25) is 0 Å². The van der Waals surface area contributed by atoms with Crippen molar-refractivity contribution in [3.63, 3.8) is 0 Å². The minimum atomic E-state index is 0.449. The molecule has 0 spiro atoms. The lowest BCUT2D eigenvalue weighted by atomic mass is 10.1. The van der Waals surface area contributed by atoms with Crippen molar-refractivity contribution in [3.8, 4) is 0 Å². The summed E-state index contributed by atoms with van der Waals surface area (Å²) in [5.41, 5.74) is 8.07. The number of nitrogens with two attached hydrogens (primary N) is 1. The third-order valence-electron chi connectivity index (χ3n) is 2.36. The standard InChI is InChI=1S/C12H13N3S/c1-8-3-4-10(7-9(8)2)16-12-6-5-11(13)14-15-12/h3-7H,1-2H3,(H2,13,14). The zero-order chi connectivity index (χ0) is 11.5. The van der Waals surface area contributed by atoms with Gasteiger partial charge in [-0.25, -0.2) is 0 Å². The van der Waals surface area contributed by atoms with Gasteiger partial charge in [-0.15, -0.1) is 10.2 Å². The molecule has 2 aromatic rings. The first kappa shape index (κ1) is 11.0. The van der Waals surface area contributed by atoms with E-state index >= 15 is 0 Å². The van der Waals surface area contributed by atoms with Gasteiger partial charge >= 0.3 is 0 Å². The number of hydrogen-bond acceptors (Lipinski definition) is 4. The molecule has 0 atom stereocenters. The molecule has 0 bridgehead atoms. The summed E-state index contributed by atoms with van der Waals surface area (Å²) in [5, 5.41) is 8.69. The van der Waals surface area contributed by atoms with Gasteiger partial charge in [0.05, 0.1) is 0 Å². The Bertz CT molecular complexity index is 494. The molecule has 3 nitrogen and oxygen atoms in total. The summed E-state index contributed by atoms with van der Waals surface area (Å²) in [7, 11) is 0. The fourth-order valence-corrected chi connectivity index (χ4v) is 2.11. The summed E-state index contributed by atoms with van der Waals surface area (Å²) in [6, 6.07) is 9.99. The number of benzene rings is 1. The molecule has 1 heterocycles. The molecule has 1 aromatic carbocycles. The van der Waals surface area contributed by atoms with E-state index in [0.29, 0.717) is 5.82 Å². The van der Waals surface area contributed by atoms with Gasteiger partial charge in [0.2, 0.25) is 0 Å². The van der Waals surface area contributed by atoms with E-state index in [1.165, 1.54) is 16.0 Å². The number of nitrogen functional groups attached to an aromatic ring is 1.